The zero-order valence-corrected chi connectivity index (χ0v) is 11.5. The minimum Gasteiger partial charge on any atom is -0.478 e. The fraction of sp³-hybridized carbons (Fsp3) is 0.400. The quantitative estimate of drug-likeness (QED) is 0.873. The Bertz CT molecular complexity index is 636. The summed E-state index contributed by atoms with van der Waals surface area (Å²) in [5.41, 5.74) is 4.93. The van der Waals surface area contributed by atoms with Crippen LogP contribution < -0.4 is 0 Å². The third-order valence-electron chi connectivity index (χ3n) is 3.61. The summed E-state index contributed by atoms with van der Waals surface area (Å²) < 4.78 is 2.28. The molecular weight excluding hydrogens is 226 g/mol. The Balaban J connectivity index is 2.92. The number of hydrogen-bond donors (Lipinski definition) is 1. The molecule has 0 radical (unpaired) electrons. The van der Waals surface area contributed by atoms with Gasteiger partial charge in [-0.15, -0.1) is 0 Å². The highest BCUT2D eigenvalue weighted by Crippen LogP contribution is 2.31. The molecule has 0 aliphatic heterocycles. The molecule has 0 aliphatic rings. The maximum absolute atomic E-state index is 11.1. The van der Waals surface area contributed by atoms with Gasteiger partial charge < -0.3 is 9.67 Å². The average Bonchev–Trinajstić information content (AvgIpc) is 2.53. The molecule has 3 nitrogen and oxygen atoms in total. The lowest BCUT2D eigenvalue weighted by Crippen LogP contribution is -2.04. The number of fused-ring (bicyclic) bond motifs is 1. The van der Waals surface area contributed by atoms with Crippen molar-refractivity contribution in [3.8, 4) is 0 Å². The van der Waals surface area contributed by atoms with E-state index in [1.165, 1.54) is 11.3 Å². The van der Waals surface area contributed by atoms with E-state index in [0.29, 0.717) is 11.6 Å². The molecule has 1 N–H and O–H groups in total. The number of carboxylic acid groups (broad SMARTS) is 1. The van der Waals surface area contributed by atoms with Crippen molar-refractivity contribution in [2.45, 2.75) is 40.7 Å². The maximum atomic E-state index is 11.1. The standard InChI is InChI=1S/C15H19NO2/c1-8(2)16-11(5)10(4)13-7-12(15(17)18)6-9(3)14(13)16/h6-8H,1-5H3,(H,17,18). The van der Waals surface area contributed by atoms with E-state index in [4.69, 9.17) is 5.11 Å². The smallest absolute Gasteiger partial charge is 0.335 e. The molecule has 1 aromatic carbocycles. The van der Waals surface area contributed by atoms with E-state index in [1.807, 2.05) is 6.92 Å². The number of carboxylic acids is 1. The summed E-state index contributed by atoms with van der Waals surface area (Å²) in [6.45, 7) is 10.4. The summed E-state index contributed by atoms with van der Waals surface area (Å²) in [5.74, 6) is -0.866. The predicted octanol–water partition coefficient (Wildman–Crippen LogP) is 3.85. The van der Waals surface area contributed by atoms with E-state index in [0.717, 1.165) is 16.5 Å². The molecule has 2 rings (SSSR count). The Kier molecular flexibility index (Phi) is 2.93. The molecule has 0 saturated heterocycles. The second-order valence-corrected chi connectivity index (χ2v) is 5.17. The second kappa shape index (κ2) is 4.16. The zero-order valence-electron chi connectivity index (χ0n) is 11.5. The van der Waals surface area contributed by atoms with E-state index >= 15 is 0 Å². The molecule has 0 fully saturated rings. The lowest BCUT2D eigenvalue weighted by atomic mass is 10.0. The van der Waals surface area contributed by atoms with Crippen molar-refractivity contribution in [3.05, 3.63) is 34.5 Å². The number of rotatable bonds is 2. The molecular formula is C15H19NO2. The van der Waals surface area contributed by atoms with Gasteiger partial charge in [-0.2, -0.15) is 0 Å². The van der Waals surface area contributed by atoms with Gasteiger partial charge in [0.05, 0.1) is 11.1 Å². The first kappa shape index (κ1) is 12.7. The fourth-order valence-corrected chi connectivity index (χ4v) is 2.70. The average molecular weight is 245 g/mol. The Morgan fingerprint density at radius 1 is 1.22 bits per heavy atom. The van der Waals surface area contributed by atoms with Crippen molar-refractivity contribution in [1.82, 2.24) is 4.57 Å². The minimum absolute atomic E-state index is 0.365. The molecule has 0 unspecified atom stereocenters. The third kappa shape index (κ3) is 1.70. The molecule has 0 amide bonds. The SMILES string of the molecule is Cc1c(C)n(C(C)C)c2c(C)cc(C(=O)O)cc12. The van der Waals surface area contributed by atoms with Crippen molar-refractivity contribution in [3.63, 3.8) is 0 Å². The van der Waals surface area contributed by atoms with Crippen LogP contribution in [-0.4, -0.2) is 15.6 Å². The number of hydrogen-bond acceptors (Lipinski definition) is 1. The number of aromatic nitrogens is 1. The van der Waals surface area contributed by atoms with Crippen LogP contribution in [0.4, 0.5) is 0 Å². The molecule has 18 heavy (non-hydrogen) atoms. The van der Waals surface area contributed by atoms with Crippen molar-refractivity contribution in [2.75, 3.05) is 0 Å². The van der Waals surface area contributed by atoms with Crippen LogP contribution in [0.25, 0.3) is 10.9 Å². The monoisotopic (exact) mass is 245 g/mol. The molecule has 2 aromatic rings. The van der Waals surface area contributed by atoms with E-state index in [2.05, 4.69) is 32.3 Å². The predicted molar refractivity (Wildman–Crippen MR) is 73.5 cm³/mol. The first-order valence-corrected chi connectivity index (χ1v) is 6.19. The van der Waals surface area contributed by atoms with Crippen molar-refractivity contribution >= 4 is 16.9 Å². The van der Waals surface area contributed by atoms with Crippen LogP contribution in [0.3, 0.4) is 0 Å². The largest absolute Gasteiger partial charge is 0.478 e. The van der Waals surface area contributed by atoms with Gasteiger partial charge in [-0.05, 0) is 57.9 Å². The number of aromatic carboxylic acids is 1. The summed E-state index contributed by atoms with van der Waals surface area (Å²) in [7, 11) is 0. The first-order valence-electron chi connectivity index (χ1n) is 6.19. The highest BCUT2D eigenvalue weighted by Gasteiger charge is 2.17. The van der Waals surface area contributed by atoms with Gasteiger partial charge in [-0.25, -0.2) is 4.79 Å². The summed E-state index contributed by atoms with van der Waals surface area (Å²) in [4.78, 5) is 11.1. The van der Waals surface area contributed by atoms with Crippen molar-refractivity contribution in [1.29, 1.82) is 0 Å². The van der Waals surface area contributed by atoms with Crippen LogP contribution in [0.15, 0.2) is 12.1 Å². The summed E-state index contributed by atoms with van der Waals surface area (Å²) in [5, 5.41) is 10.2. The van der Waals surface area contributed by atoms with Crippen LogP contribution in [0, 0.1) is 20.8 Å². The van der Waals surface area contributed by atoms with Gasteiger partial charge in [-0.3, -0.25) is 0 Å². The minimum atomic E-state index is -0.866. The topological polar surface area (TPSA) is 42.2 Å². The van der Waals surface area contributed by atoms with Crippen LogP contribution in [0.2, 0.25) is 0 Å². The van der Waals surface area contributed by atoms with Crippen LogP contribution in [0.1, 0.15) is 47.1 Å². The van der Waals surface area contributed by atoms with Crippen LogP contribution in [-0.2, 0) is 0 Å². The highest BCUT2D eigenvalue weighted by molar-refractivity contribution is 5.97. The second-order valence-electron chi connectivity index (χ2n) is 5.17. The summed E-state index contributed by atoms with van der Waals surface area (Å²) in [6.07, 6.45) is 0. The van der Waals surface area contributed by atoms with Crippen LogP contribution in [0.5, 0.6) is 0 Å². The number of carbonyl (C=O) groups is 1. The molecule has 1 heterocycles. The lowest BCUT2D eigenvalue weighted by molar-refractivity contribution is 0.0697. The van der Waals surface area contributed by atoms with E-state index in [9.17, 15) is 4.79 Å². The molecule has 0 atom stereocenters. The molecule has 1 aromatic heterocycles. The molecule has 0 spiro atoms. The van der Waals surface area contributed by atoms with E-state index in [1.54, 1.807) is 12.1 Å². The molecule has 0 bridgehead atoms. The number of aryl methyl sites for hydroxylation is 2. The van der Waals surface area contributed by atoms with Gasteiger partial charge in [0.15, 0.2) is 0 Å². The van der Waals surface area contributed by atoms with E-state index in [-0.39, 0.29) is 0 Å². The number of nitrogens with zero attached hydrogens (tertiary/aromatic N) is 1. The van der Waals surface area contributed by atoms with Gasteiger partial charge in [-0.1, -0.05) is 0 Å². The fourth-order valence-electron chi connectivity index (χ4n) is 2.70. The lowest BCUT2D eigenvalue weighted by Gasteiger charge is -2.14. The first-order chi connectivity index (χ1) is 8.34. The van der Waals surface area contributed by atoms with Gasteiger partial charge in [0.25, 0.3) is 0 Å². The third-order valence-corrected chi connectivity index (χ3v) is 3.61. The molecule has 96 valence electrons. The molecule has 0 saturated carbocycles. The molecule has 0 aliphatic carbocycles. The van der Waals surface area contributed by atoms with Gasteiger partial charge in [0.2, 0.25) is 0 Å². The summed E-state index contributed by atoms with van der Waals surface area (Å²) >= 11 is 0. The number of benzene rings is 1. The van der Waals surface area contributed by atoms with Gasteiger partial charge in [0, 0.05) is 17.1 Å². The Morgan fingerprint density at radius 2 is 1.83 bits per heavy atom. The van der Waals surface area contributed by atoms with E-state index < -0.39 is 5.97 Å². The van der Waals surface area contributed by atoms with Gasteiger partial charge in [0.1, 0.15) is 0 Å². The molecule has 3 heteroatoms. The normalized spacial score (nSPS) is 11.4. The van der Waals surface area contributed by atoms with Gasteiger partial charge >= 0.3 is 5.97 Å². The van der Waals surface area contributed by atoms with Crippen LogP contribution >= 0.6 is 0 Å². The Labute approximate surface area is 107 Å². The Morgan fingerprint density at radius 3 is 2.33 bits per heavy atom. The van der Waals surface area contributed by atoms with Crippen molar-refractivity contribution in [2.24, 2.45) is 0 Å². The Hall–Kier alpha value is -1.77. The highest BCUT2D eigenvalue weighted by atomic mass is 16.4. The summed E-state index contributed by atoms with van der Waals surface area (Å²) in [6, 6.07) is 3.91. The maximum Gasteiger partial charge on any atom is 0.335 e. The zero-order chi connectivity index (χ0) is 13.6. The van der Waals surface area contributed by atoms with Crippen molar-refractivity contribution < 1.29 is 9.90 Å².